The van der Waals surface area contributed by atoms with Gasteiger partial charge in [0.25, 0.3) is 11.8 Å². The van der Waals surface area contributed by atoms with Gasteiger partial charge in [0.05, 0.1) is 12.2 Å². The van der Waals surface area contributed by atoms with Crippen LogP contribution in [0.25, 0.3) is 0 Å². The number of ether oxygens (including phenoxy) is 1. The van der Waals surface area contributed by atoms with Crippen LogP contribution in [-0.2, 0) is 4.79 Å². The van der Waals surface area contributed by atoms with Gasteiger partial charge in [0.1, 0.15) is 5.75 Å². The molecule has 7 nitrogen and oxygen atoms in total. The van der Waals surface area contributed by atoms with Crippen LogP contribution in [0.2, 0.25) is 0 Å². The van der Waals surface area contributed by atoms with Crippen molar-refractivity contribution in [3.05, 3.63) is 58.1 Å². The van der Waals surface area contributed by atoms with E-state index in [1.54, 1.807) is 42.5 Å². The highest BCUT2D eigenvalue weighted by Crippen LogP contribution is 2.30. The van der Waals surface area contributed by atoms with Crippen molar-refractivity contribution in [2.75, 3.05) is 11.9 Å². The van der Waals surface area contributed by atoms with Gasteiger partial charge in [-0.2, -0.15) is 0 Å². The van der Waals surface area contributed by atoms with Crippen molar-refractivity contribution in [2.24, 2.45) is 5.92 Å². The van der Waals surface area contributed by atoms with Gasteiger partial charge < -0.3 is 10.1 Å². The van der Waals surface area contributed by atoms with E-state index in [9.17, 15) is 14.4 Å². The highest BCUT2D eigenvalue weighted by Gasteiger charge is 2.29. The third-order valence-electron chi connectivity index (χ3n) is 4.59. The molecule has 1 aliphatic carbocycles. The van der Waals surface area contributed by atoms with Crippen molar-refractivity contribution >= 4 is 39.3 Å². The smallest absolute Gasteiger partial charge is 0.273 e. The molecule has 1 fully saturated rings. The van der Waals surface area contributed by atoms with E-state index in [-0.39, 0.29) is 11.8 Å². The SMILES string of the molecule is CCCCOc1ccc(Br)cc1C(=O)NNC(=O)c1ccc(NC(=O)C2CC2)cc1. The van der Waals surface area contributed by atoms with Gasteiger partial charge in [0.2, 0.25) is 5.91 Å². The minimum absolute atomic E-state index is 0.00504. The Labute approximate surface area is 183 Å². The van der Waals surface area contributed by atoms with Gasteiger partial charge >= 0.3 is 0 Å². The topological polar surface area (TPSA) is 96.5 Å². The third-order valence-corrected chi connectivity index (χ3v) is 5.09. The Morgan fingerprint density at radius 3 is 2.40 bits per heavy atom. The lowest BCUT2D eigenvalue weighted by molar-refractivity contribution is -0.117. The molecule has 0 aliphatic heterocycles. The molecular formula is C22H24BrN3O4. The average molecular weight is 474 g/mol. The Kier molecular flexibility index (Phi) is 7.46. The van der Waals surface area contributed by atoms with Crippen LogP contribution < -0.4 is 20.9 Å². The fraction of sp³-hybridized carbons (Fsp3) is 0.318. The predicted molar refractivity (Wildman–Crippen MR) is 117 cm³/mol. The van der Waals surface area contributed by atoms with E-state index in [0.717, 1.165) is 30.2 Å². The second-order valence-corrected chi connectivity index (χ2v) is 8.01. The summed E-state index contributed by atoms with van der Waals surface area (Å²) < 4.78 is 6.41. The zero-order valence-corrected chi connectivity index (χ0v) is 18.3. The molecule has 3 rings (SSSR count). The summed E-state index contributed by atoms with van der Waals surface area (Å²) in [5.74, 6) is -0.381. The van der Waals surface area contributed by atoms with Gasteiger partial charge in [-0.05, 0) is 61.7 Å². The quantitative estimate of drug-likeness (QED) is 0.397. The molecule has 0 heterocycles. The summed E-state index contributed by atoms with van der Waals surface area (Å²) in [5, 5.41) is 2.82. The number of amides is 3. The van der Waals surface area contributed by atoms with Crippen LogP contribution in [0.5, 0.6) is 5.75 Å². The molecule has 3 N–H and O–H groups in total. The van der Waals surface area contributed by atoms with E-state index in [0.29, 0.717) is 29.2 Å². The van der Waals surface area contributed by atoms with E-state index in [1.165, 1.54) is 0 Å². The van der Waals surface area contributed by atoms with Gasteiger partial charge in [-0.3, -0.25) is 25.2 Å². The minimum atomic E-state index is -0.482. The van der Waals surface area contributed by atoms with E-state index < -0.39 is 11.8 Å². The molecule has 0 aromatic heterocycles. The summed E-state index contributed by atoms with van der Waals surface area (Å²) >= 11 is 3.35. The maximum atomic E-state index is 12.6. The second kappa shape index (κ2) is 10.2. The highest BCUT2D eigenvalue weighted by molar-refractivity contribution is 9.10. The summed E-state index contributed by atoms with van der Waals surface area (Å²) in [6.07, 6.45) is 3.72. The fourth-order valence-electron chi connectivity index (χ4n) is 2.68. The average Bonchev–Trinajstić information content (AvgIpc) is 3.59. The van der Waals surface area contributed by atoms with E-state index in [1.807, 2.05) is 0 Å². The number of carbonyl (C=O) groups is 3. The van der Waals surface area contributed by atoms with Crippen LogP contribution in [0.15, 0.2) is 46.9 Å². The first kappa shape index (κ1) is 21.8. The maximum absolute atomic E-state index is 12.6. The summed E-state index contributed by atoms with van der Waals surface area (Å²) in [4.78, 5) is 36.7. The van der Waals surface area contributed by atoms with Gasteiger partial charge in [-0.25, -0.2) is 0 Å². The first-order valence-corrected chi connectivity index (χ1v) is 10.7. The maximum Gasteiger partial charge on any atom is 0.273 e. The number of hydrogen-bond donors (Lipinski definition) is 3. The number of nitrogens with one attached hydrogen (secondary N) is 3. The lowest BCUT2D eigenvalue weighted by atomic mass is 10.2. The molecule has 1 saturated carbocycles. The Hall–Kier alpha value is -2.87. The van der Waals surface area contributed by atoms with Crippen LogP contribution in [0, 0.1) is 5.92 Å². The molecular weight excluding hydrogens is 450 g/mol. The molecule has 158 valence electrons. The molecule has 8 heteroatoms. The lowest BCUT2D eigenvalue weighted by Crippen LogP contribution is -2.41. The summed E-state index contributed by atoms with van der Waals surface area (Å²) in [6.45, 7) is 2.57. The third kappa shape index (κ3) is 6.06. The Morgan fingerprint density at radius 1 is 1.03 bits per heavy atom. The minimum Gasteiger partial charge on any atom is -0.493 e. The van der Waals surface area contributed by atoms with Crippen LogP contribution in [-0.4, -0.2) is 24.3 Å². The molecule has 30 heavy (non-hydrogen) atoms. The van der Waals surface area contributed by atoms with Crippen LogP contribution >= 0.6 is 15.9 Å². The molecule has 0 unspecified atom stereocenters. The van der Waals surface area contributed by atoms with Crippen molar-refractivity contribution in [1.29, 1.82) is 0 Å². The summed E-state index contributed by atoms with van der Waals surface area (Å²) in [5.41, 5.74) is 6.13. The Morgan fingerprint density at radius 2 is 1.73 bits per heavy atom. The zero-order valence-electron chi connectivity index (χ0n) is 16.7. The van der Waals surface area contributed by atoms with Crippen LogP contribution in [0.1, 0.15) is 53.3 Å². The van der Waals surface area contributed by atoms with E-state index >= 15 is 0 Å². The number of carbonyl (C=O) groups excluding carboxylic acids is 3. The largest absolute Gasteiger partial charge is 0.493 e. The predicted octanol–water partition coefficient (Wildman–Crippen LogP) is 4.05. The van der Waals surface area contributed by atoms with Gasteiger partial charge in [0, 0.05) is 21.6 Å². The molecule has 0 radical (unpaired) electrons. The number of hydrazine groups is 1. The first-order chi connectivity index (χ1) is 14.5. The zero-order chi connectivity index (χ0) is 21.5. The number of halogens is 1. The lowest BCUT2D eigenvalue weighted by Gasteiger charge is -2.13. The molecule has 0 atom stereocenters. The molecule has 0 spiro atoms. The van der Waals surface area contributed by atoms with Gasteiger partial charge in [0.15, 0.2) is 0 Å². The number of hydrogen-bond acceptors (Lipinski definition) is 4. The number of benzene rings is 2. The van der Waals surface area contributed by atoms with Crippen molar-refractivity contribution < 1.29 is 19.1 Å². The van der Waals surface area contributed by atoms with Crippen LogP contribution in [0.3, 0.4) is 0 Å². The molecule has 2 aromatic carbocycles. The molecule has 0 saturated heterocycles. The van der Waals surface area contributed by atoms with Gasteiger partial charge in [-0.1, -0.05) is 29.3 Å². The monoisotopic (exact) mass is 473 g/mol. The van der Waals surface area contributed by atoms with Gasteiger partial charge in [-0.15, -0.1) is 0 Å². The molecule has 3 amide bonds. The molecule has 2 aromatic rings. The molecule has 1 aliphatic rings. The Balaban J connectivity index is 1.57. The molecule has 0 bridgehead atoms. The van der Waals surface area contributed by atoms with Crippen molar-refractivity contribution in [3.8, 4) is 5.75 Å². The normalized spacial score (nSPS) is 12.7. The van der Waals surface area contributed by atoms with Crippen molar-refractivity contribution in [3.63, 3.8) is 0 Å². The highest BCUT2D eigenvalue weighted by atomic mass is 79.9. The summed E-state index contributed by atoms with van der Waals surface area (Å²) in [6, 6.07) is 11.6. The number of unbranched alkanes of at least 4 members (excludes halogenated alkanes) is 1. The van der Waals surface area contributed by atoms with E-state index in [2.05, 4.69) is 39.0 Å². The van der Waals surface area contributed by atoms with E-state index in [4.69, 9.17) is 4.74 Å². The number of anilines is 1. The summed E-state index contributed by atoms with van der Waals surface area (Å²) in [7, 11) is 0. The van der Waals surface area contributed by atoms with Crippen LogP contribution in [0.4, 0.5) is 5.69 Å². The Bertz CT molecular complexity index is 926. The number of rotatable bonds is 8. The second-order valence-electron chi connectivity index (χ2n) is 7.09. The van der Waals surface area contributed by atoms with Crippen molar-refractivity contribution in [1.82, 2.24) is 10.9 Å². The van der Waals surface area contributed by atoms with Crippen molar-refractivity contribution in [2.45, 2.75) is 32.6 Å². The standard InChI is InChI=1S/C22H24BrN3O4/c1-2-3-12-30-19-11-8-16(23)13-18(19)22(29)26-25-21(28)15-6-9-17(10-7-15)24-20(27)14-4-5-14/h6-11,13-14H,2-5,12H2,1H3,(H,24,27)(H,25,28)(H,26,29). The fourth-order valence-corrected chi connectivity index (χ4v) is 3.04. The first-order valence-electron chi connectivity index (χ1n) is 9.92.